The highest BCUT2D eigenvalue weighted by atomic mass is 16.5. The van der Waals surface area contributed by atoms with E-state index in [0.717, 1.165) is 5.56 Å². The summed E-state index contributed by atoms with van der Waals surface area (Å²) in [6.07, 6.45) is 0.0229. The van der Waals surface area contributed by atoms with E-state index in [2.05, 4.69) is 0 Å². The van der Waals surface area contributed by atoms with Gasteiger partial charge < -0.3 is 9.47 Å². The lowest BCUT2D eigenvalue weighted by atomic mass is 10.1. The molecule has 3 rings (SSSR count). The Morgan fingerprint density at radius 2 is 1.76 bits per heavy atom. The van der Waals surface area contributed by atoms with Gasteiger partial charge in [0.1, 0.15) is 5.75 Å². The van der Waals surface area contributed by atoms with Crippen LogP contribution >= 0.6 is 0 Å². The number of ether oxygens (including phenoxy) is 2. The first-order chi connectivity index (χ1) is 12.2. The number of anilines is 1. The minimum absolute atomic E-state index is 0.0229. The molecule has 0 unspecified atom stereocenters. The average Bonchev–Trinajstić information content (AvgIpc) is 3.00. The normalized spacial score (nSPS) is 14.0. The smallest absolute Gasteiger partial charge is 0.336 e. The molecule has 0 radical (unpaired) electrons. The Morgan fingerprint density at radius 3 is 2.36 bits per heavy atom. The highest BCUT2D eigenvalue weighted by Crippen LogP contribution is 2.37. The van der Waals surface area contributed by atoms with Crippen molar-refractivity contribution < 1.29 is 19.1 Å². The van der Waals surface area contributed by atoms with Crippen molar-refractivity contribution in [3.63, 3.8) is 0 Å². The fourth-order valence-corrected chi connectivity index (χ4v) is 2.86. The van der Waals surface area contributed by atoms with Gasteiger partial charge in [0.25, 0.3) is 0 Å². The van der Waals surface area contributed by atoms with E-state index in [9.17, 15) is 9.59 Å². The maximum Gasteiger partial charge on any atom is 0.336 e. The lowest BCUT2D eigenvalue weighted by Crippen LogP contribution is -2.23. The zero-order valence-corrected chi connectivity index (χ0v) is 14.2. The van der Waals surface area contributed by atoms with E-state index in [-0.39, 0.29) is 18.9 Å². The maximum absolute atomic E-state index is 12.7. The molecule has 0 atom stereocenters. The number of amides is 1. The van der Waals surface area contributed by atoms with Gasteiger partial charge in [0, 0.05) is 5.69 Å². The van der Waals surface area contributed by atoms with Crippen LogP contribution in [0.3, 0.4) is 0 Å². The fourth-order valence-electron chi connectivity index (χ4n) is 2.86. The minimum atomic E-state index is -0.453. The monoisotopic (exact) mass is 337 g/mol. The van der Waals surface area contributed by atoms with E-state index in [4.69, 9.17) is 9.47 Å². The van der Waals surface area contributed by atoms with Crippen molar-refractivity contribution in [1.29, 1.82) is 0 Å². The van der Waals surface area contributed by atoms with E-state index in [1.54, 1.807) is 43.2 Å². The van der Waals surface area contributed by atoms with Crippen molar-refractivity contribution in [2.45, 2.75) is 13.3 Å². The minimum Gasteiger partial charge on any atom is -0.497 e. The Labute approximate surface area is 146 Å². The zero-order chi connectivity index (χ0) is 17.8. The van der Waals surface area contributed by atoms with Crippen LogP contribution in [0.5, 0.6) is 5.75 Å². The third-order valence-electron chi connectivity index (χ3n) is 3.99. The fraction of sp³-hybridized carbons (Fsp3) is 0.200. The summed E-state index contributed by atoms with van der Waals surface area (Å²) in [5.41, 5.74) is 2.44. The van der Waals surface area contributed by atoms with Gasteiger partial charge in [-0.05, 0) is 36.8 Å². The van der Waals surface area contributed by atoms with Crippen LogP contribution in [0.15, 0.2) is 60.2 Å². The molecule has 2 aromatic rings. The molecule has 5 nitrogen and oxygen atoms in total. The largest absolute Gasteiger partial charge is 0.497 e. The molecule has 0 N–H and O–H groups in total. The molecule has 128 valence electrons. The molecule has 2 aromatic carbocycles. The highest BCUT2D eigenvalue weighted by molar-refractivity contribution is 6.19. The Bertz CT molecular complexity index is 809. The second kappa shape index (κ2) is 7.21. The molecule has 5 heteroatoms. The number of nitrogens with zero attached hydrogens (tertiary/aromatic N) is 1. The van der Waals surface area contributed by atoms with E-state index in [1.165, 1.54) is 0 Å². The van der Waals surface area contributed by atoms with Crippen LogP contribution in [-0.2, 0) is 14.3 Å². The van der Waals surface area contributed by atoms with Crippen molar-refractivity contribution in [3.8, 4) is 5.75 Å². The molecule has 1 aliphatic rings. The first-order valence-electron chi connectivity index (χ1n) is 8.08. The highest BCUT2D eigenvalue weighted by Gasteiger charge is 2.36. The van der Waals surface area contributed by atoms with Gasteiger partial charge in [-0.2, -0.15) is 0 Å². The Hall–Kier alpha value is -3.08. The van der Waals surface area contributed by atoms with Gasteiger partial charge in [-0.25, -0.2) is 4.79 Å². The van der Waals surface area contributed by atoms with Crippen molar-refractivity contribution in [1.82, 2.24) is 0 Å². The lowest BCUT2D eigenvalue weighted by molar-refractivity contribution is -0.139. The summed E-state index contributed by atoms with van der Waals surface area (Å²) in [7, 11) is 1.59. The SMILES string of the molecule is CCOC(=O)C1=C(c2ccccc2)N(c2ccc(OC)cc2)C(=O)C1. The molecule has 1 heterocycles. The van der Waals surface area contributed by atoms with Gasteiger partial charge in [0.15, 0.2) is 0 Å². The van der Waals surface area contributed by atoms with E-state index in [0.29, 0.717) is 22.7 Å². The second-order valence-electron chi connectivity index (χ2n) is 5.52. The number of hydrogen-bond donors (Lipinski definition) is 0. The van der Waals surface area contributed by atoms with Crippen LogP contribution in [0.1, 0.15) is 18.9 Å². The molecular weight excluding hydrogens is 318 g/mol. The molecule has 1 amide bonds. The van der Waals surface area contributed by atoms with Crippen LogP contribution in [-0.4, -0.2) is 25.6 Å². The van der Waals surface area contributed by atoms with E-state index in [1.807, 2.05) is 30.3 Å². The van der Waals surface area contributed by atoms with Crippen LogP contribution < -0.4 is 9.64 Å². The Kier molecular flexibility index (Phi) is 4.84. The van der Waals surface area contributed by atoms with Gasteiger partial charge in [0.05, 0.1) is 31.4 Å². The summed E-state index contributed by atoms with van der Waals surface area (Å²) in [6.45, 7) is 2.01. The molecule has 0 aromatic heterocycles. The predicted molar refractivity (Wildman–Crippen MR) is 95.1 cm³/mol. The van der Waals surface area contributed by atoms with Crippen molar-refractivity contribution in [3.05, 3.63) is 65.7 Å². The van der Waals surface area contributed by atoms with Crippen molar-refractivity contribution in [2.24, 2.45) is 0 Å². The number of esters is 1. The van der Waals surface area contributed by atoms with Crippen LogP contribution in [0.4, 0.5) is 5.69 Å². The molecule has 0 saturated heterocycles. The molecular formula is C20H19NO4. The molecule has 25 heavy (non-hydrogen) atoms. The quantitative estimate of drug-likeness (QED) is 0.785. The summed E-state index contributed by atoms with van der Waals surface area (Å²) in [5, 5.41) is 0. The van der Waals surface area contributed by atoms with Crippen molar-refractivity contribution >= 4 is 23.3 Å². The van der Waals surface area contributed by atoms with E-state index >= 15 is 0 Å². The number of methoxy groups -OCH3 is 1. The number of hydrogen-bond acceptors (Lipinski definition) is 4. The molecule has 1 aliphatic heterocycles. The molecule has 0 bridgehead atoms. The molecule has 0 spiro atoms. The maximum atomic E-state index is 12.7. The van der Waals surface area contributed by atoms with Gasteiger partial charge in [-0.1, -0.05) is 30.3 Å². The number of rotatable bonds is 5. The third-order valence-corrected chi connectivity index (χ3v) is 3.99. The zero-order valence-electron chi connectivity index (χ0n) is 14.2. The molecule has 0 fully saturated rings. The summed E-state index contributed by atoms with van der Waals surface area (Å²) in [5.74, 6) is 0.0871. The Balaban J connectivity index is 2.11. The number of benzene rings is 2. The summed E-state index contributed by atoms with van der Waals surface area (Å²) >= 11 is 0. The summed E-state index contributed by atoms with van der Waals surface area (Å²) in [4.78, 5) is 26.6. The van der Waals surface area contributed by atoms with Gasteiger partial charge in [-0.3, -0.25) is 9.69 Å². The lowest BCUT2D eigenvalue weighted by Gasteiger charge is -2.21. The summed E-state index contributed by atoms with van der Waals surface area (Å²) in [6, 6.07) is 16.6. The van der Waals surface area contributed by atoms with Crippen LogP contribution in [0.25, 0.3) is 5.70 Å². The van der Waals surface area contributed by atoms with Crippen molar-refractivity contribution in [2.75, 3.05) is 18.6 Å². The standard InChI is InChI=1S/C20H19NO4/c1-3-25-20(23)17-13-18(22)21(15-9-11-16(24-2)12-10-15)19(17)14-7-5-4-6-8-14/h4-12H,3,13H2,1-2H3. The first-order valence-corrected chi connectivity index (χ1v) is 8.08. The van der Waals surface area contributed by atoms with Crippen LogP contribution in [0.2, 0.25) is 0 Å². The van der Waals surface area contributed by atoms with Crippen LogP contribution in [0, 0.1) is 0 Å². The number of carbonyl (C=O) groups is 2. The Morgan fingerprint density at radius 1 is 1.08 bits per heavy atom. The third kappa shape index (κ3) is 3.26. The number of carbonyl (C=O) groups excluding carboxylic acids is 2. The first kappa shape index (κ1) is 16.8. The van der Waals surface area contributed by atoms with Gasteiger partial charge in [-0.15, -0.1) is 0 Å². The topological polar surface area (TPSA) is 55.8 Å². The second-order valence-corrected chi connectivity index (χ2v) is 5.52. The van der Waals surface area contributed by atoms with E-state index < -0.39 is 5.97 Å². The van der Waals surface area contributed by atoms with Gasteiger partial charge in [0.2, 0.25) is 5.91 Å². The summed E-state index contributed by atoms with van der Waals surface area (Å²) < 4.78 is 10.3. The molecule has 0 saturated carbocycles. The van der Waals surface area contributed by atoms with Gasteiger partial charge >= 0.3 is 5.97 Å². The predicted octanol–water partition coefficient (Wildman–Crippen LogP) is 3.41. The molecule has 0 aliphatic carbocycles. The average molecular weight is 337 g/mol.